The summed E-state index contributed by atoms with van der Waals surface area (Å²) in [6, 6.07) is 5.37. The Bertz CT molecular complexity index is 578. The molecular weight excluding hydrogens is 339 g/mol. The molecule has 2 nitrogen and oxygen atoms in total. The predicted molar refractivity (Wildman–Crippen MR) is 85.8 cm³/mol. The highest BCUT2D eigenvalue weighted by Crippen LogP contribution is 2.28. The van der Waals surface area contributed by atoms with Gasteiger partial charge in [-0.2, -0.15) is 0 Å². The fourth-order valence-electron chi connectivity index (χ4n) is 2.13. The molecule has 5 heteroatoms. The summed E-state index contributed by atoms with van der Waals surface area (Å²) in [5.74, 6) is -0.191. The van der Waals surface area contributed by atoms with Crippen LogP contribution >= 0.6 is 27.3 Å². The normalized spacial score (nSPS) is 12.7. The number of rotatable bonds is 5. The van der Waals surface area contributed by atoms with Crippen LogP contribution in [-0.2, 0) is 6.42 Å². The van der Waals surface area contributed by atoms with Crippen LogP contribution < -0.4 is 5.32 Å². The van der Waals surface area contributed by atoms with Crippen molar-refractivity contribution in [2.24, 2.45) is 0 Å². The molecule has 0 spiro atoms. The minimum Gasteiger partial charge on any atom is -0.310 e. The molecule has 20 heavy (non-hydrogen) atoms. The molecular formula is C15H18BrFN2S. The van der Waals surface area contributed by atoms with Gasteiger partial charge in [-0.1, -0.05) is 19.1 Å². The van der Waals surface area contributed by atoms with E-state index in [1.54, 1.807) is 17.4 Å². The fourth-order valence-corrected chi connectivity index (χ4v) is 3.49. The van der Waals surface area contributed by atoms with E-state index < -0.39 is 0 Å². The van der Waals surface area contributed by atoms with Crippen molar-refractivity contribution in [3.05, 3.63) is 49.6 Å². The van der Waals surface area contributed by atoms with Crippen LogP contribution in [0.4, 0.5) is 4.39 Å². The SMILES string of the molecule is CCNC(Cc1nc(C)c(C)s1)c1cccc(Br)c1F. The van der Waals surface area contributed by atoms with Crippen molar-refractivity contribution in [1.82, 2.24) is 10.3 Å². The quantitative estimate of drug-likeness (QED) is 0.849. The summed E-state index contributed by atoms with van der Waals surface area (Å²) < 4.78 is 14.8. The Morgan fingerprint density at radius 3 is 2.75 bits per heavy atom. The average Bonchev–Trinajstić information content (AvgIpc) is 2.71. The van der Waals surface area contributed by atoms with E-state index >= 15 is 0 Å². The molecule has 108 valence electrons. The van der Waals surface area contributed by atoms with E-state index in [4.69, 9.17) is 0 Å². The van der Waals surface area contributed by atoms with Crippen molar-refractivity contribution >= 4 is 27.3 Å². The van der Waals surface area contributed by atoms with Gasteiger partial charge >= 0.3 is 0 Å². The molecule has 1 atom stereocenters. The van der Waals surface area contributed by atoms with Crippen LogP contribution in [0.3, 0.4) is 0 Å². The first-order valence-corrected chi connectivity index (χ1v) is 8.24. The first-order valence-electron chi connectivity index (χ1n) is 6.63. The zero-order chi connectivity index (χ0) is 14.7. The fraction of sp³-hybridized carbons (Fsp3) is 0.400. The number of likely N-dealkylation sites (N-methyl/N-ethyl adjacent to an activating group) is 1. The number of hydrogen-bond donors (Lipinski definition) is 1. The second-order valence-corrected chi connectivity index (χ2v) is 6.85. The molecule has 1 heterocycles. The molecule has 1 aromatic heterocycles. The summed E-state index contributed by atoms with van der Waals surface area (Å²) in [7, 11) is 0. The molecule has 1 N–H and O–H groups in total. The Labute approximate surface area is 131 Å². The van der Waals surface area contributed by atoms with Crippen LogP contribution in [-0.4, -0.2) is 11.5 Å². The number of hydrogen-bond acceptors (Lipinski definition) is 3. The number of aromatic nitrogens is 1. The molecule has 2 rings (SSSR count). The maximum Gasteiger partial charge on any atom is 0.142 e. The second-order valence-electron chi connectivity index (χ2n) is 4.71. The van der Waals surface area contributed by atoms with Crippen LogP contribution in [0.25, 0.3) is 0 Å². The van der Waals surface area contributed by atoms with Gasteiger partial charge in [-0.25, -0.2) is 9.37 Å². The number of aryl methyl sites for hydroxylation is 2. The van der Waals surface area contributed by atoms with Crippen LogP contribution in [0, 0.1) is 19.7 Å². The summed E-state index contributed by atoms with van der Waals surface area (Å²) in [5.41, 5.74) is 1.75. The molecule has 0 fully saturated rings. The maximum atomic E-state index is 14.3. The van der Waals surface area contributed by atoms with Crippen LogP contribution in [0.5, 0.6) is 0 Å². The van der Waals surface area contributed by atoms with Gasteiger partial charge < -0.3 is 5.32 Å². The van der Waals surface area contributed by atoms with Crippen molar-refractivity contribution in [1.29, 1.82) is 0 Å². The van der Waals surface area contributed by atoms with Gasteiger partial charge in [0.1, 0.15) is 5.82 Å². The van der Waals surface area contributed by atoms with Gasteiger partial charge in [-0.15, -0.1) is 11.3 Å². The second kappa shape index (κ2) is 6.78. The Morgan fingerprint density at radius 2 is 2.15 bits per heavy atom. The molecule has 0 amide bonds. The lowest BCUT2D eigenvalue weighted by Crippen LogP contribution is -2.24. The summed E-state index contributed by atoms with van der Waals surface area (Å²) in [5, 5.41) is 4.40. The number of thiazole rings is 1. The molecule has 0 aliphatic rings. The van der Waals surface area contributed by atoms with E-state index in [9.17, 15) is 4.39 Å². The maximum absolute atomic E-state index is 14.3. The van der Waals surface area contributed by atoms with E-state index in [0.717, 1.165) is 17.2 Å². The van der Waals surface area contributed by atoms with Gasteiger partial charge in [-0.3, -0.25) is 0 Å². The third-order valence-corrected chi connectivity index (χ3v) is 4.97. The van der Waals surface area contributed by atoms with E-state index in [2.05, 4.69) is 33.2 Å². The molecule has 0 aliphatic heterocycles. The van der Waals surface area contributed by atoms with E-state index in [-0.39, 0.29) is 11.9 Å². The summed E-state index contributed by atoms with van der Waals surface area (Å²) in [4.78, 5) is 5.78. The predicted octanol–water partition coefficient (Wildman–Crippen LogP) is 4.55. The monoisotopic (exact) mass is 356 g/mol. The van der Waals surface area contributed by atoms with Crippen LogP contribution in [0.2, 0.25) is 0 Å². The van der Waals surface area contributed by atoms with Crippen molar-refractivity contribution in [3.63, 3.8) is 0 Å². The zero-order valence-corrected chi connectivity index (χ0v) is 14.2. The highest BCUT2D eigenvalue weighted by atomic mass is 79.9. The molecule has 0 aliphatic carbocycles. The Morgan fingerprint density at radius 1 is 1.40 bits per heavy atom. The standard InChI is InChI=1S/C15H18BrFN2S/c1-4-18-13(8-14-19-9(2)10(3)20-14)11-6-5-7-12(16)15(11)17/h5-7,13,18H,4,8H2,1-3H3. The van der Waals surface area contributed by atoms with Gasteiger partial charge in [0.2, 0.25) is 0 Å². The largest absolute Gasteiger partial charge is 0.310 e. The summed E-state index contributed by atoms with van der Waals surface area (Å²) in [6.07, 6.45) is 0.709. The first kappa shape index (κ1) is 15.6. The third-order valence-electron chi connectivity index (χ3n) is 3.26. The molecule has 0 bridgehead atoms. The highest BCUT2D eigenvalue weighted by molar-refractivity contribution is 9.10. The minimum absolute atomic E-state index is 0.0533. The lowest BCUT2D eigenvalue weighted by atomic mass is 10.0. The van der Waals surface area contributed by atoms with Gasteiger partial charge in [0.05, 0.1) is 15.2 Å². The minimum atomic E-state index is -0.191. The molecule has 1 aromatic carbocycles. The van der Waals surface area contributed by atoms with Crippen molar-refractivity contribution in [2.75, 3.05) is 6.54 Å². The van der Waals surface area contributed by atoms with Gasteiger partial charge in [0.15, 0.2) is 0 Å². The number of nitrogens with zero attached hydrogens (tertiary/aromatic N) is 1. The third kappa shape index (κ3) is 3.45. The Balaban J connectivity index is 2.29. The molecule has 0 saturated heterocycles. The average molecular weight is 357 g/mol. The van der Waals surface area contributed by atoms with Crippen molar-refractivity contribution < 1.29 is 4.39 Å². The molecule has 0 radical (unpaired) electrons. The van der Waals surface area contributed by atoms with Crippen LogP contribution in [0.1, 0.15) is 34.1 Å². The zero-order valence-electron chi connectivity index (χ0n) is 11.8. The lowest BCUT2D eigenvalue weighted by molar-refractivity contribution is 0.507. The first-order chi connectivity index (χ1) is 9.52. The van der Waals surface area contributed by atoms with Crippen molar-refractivity contribution in [2.45, 2.75) is 33.2 Å². The Kier molecular flexibility index (Phi) is 5.29. The van der Waals surface area contributed by atoms with Gasteiger partial charge in [0, 0.05) is 22.9 Å². The van der Waals surface area contributed by atoms with E-state index in [1.165, 1.54) is 4.88 Å². The van der Waals surface area contributed by atoms with Gasteiger partial charge in [-0.05, 0) is 42.4 Å². The summed E-state index contributed by atoms with van der Waals surface area (Å²) in [6.45, 7) is 6.90. The number of nitrogens with one attached hydrogen (secondary N) is 1. The van der Waals surface area contributed by atoms with Crippen LogP contribution in [0.15, 0.2) is 22.7 Å². The molecule has 1 unspecified atom stereocenters. The lowest BCUT2D eigenvalue weighted by Gasteiger charge is -2.18. The molecule has 0 saturated carbocycles. The van der Waals surface area contributed by atoms with Gasteiger partial charge in [0.25, 0.3) is 0 Å². The smallest absolute Gasteiger partial charge is 0.142 e. The van der Waals surface area contributed by atoms with E-state index in [1.807, 2.05) is 26.0 Å². The van der Waals surface area contributed by atoms with Crippen molar-refractivity contribution in [3.8, 4) is 0 Å². The molecule has 2 aromatic rings. The Hall–Kier alpha value is -0.780. The number of halogens is 2. The highest BCUT2D eigenvalue weighted by Gasteiger charge is 2.19. The van der Waals surface area contributed by atoms with E-state index in [0.29, 0.717) is 16.5 Å². The summed E-state index contributed by atoms with van der Waals surface area (Å²) >= 11 is 4.94. The topological polar surface area (TPSA) is 24.9 Å². The number of benzene rings is 1.